The zero-order chi connectivity index (χ0) is 14.4. The molecule has 1 saturated carbocycles. The molecule has 3 nitrogen and oxygen atoms in total. The molecule has 3 aliphatic rings. The Kier molecular flexibility index (Phi) is 3.44. The lowest BCUT2D eigenvalue weighted by molar-refractivity contribution is -0.120. The van der Waals surface area contributed by atoms with Crippen LogP contribution >= 0.6 is 15.9 Å². The van der Waals surface area contributed by atoms with Gasteiger partial charge in [-0.25, -0.2) is 0 Å². The van der Waals surface area contributed by atoms with Crippen molar-refractivity contribution in [2.75, 3.05) is 6.61 Å². The highest BCUT2D eigenvalue weighted by Gasteiger charge is 2.33. The second-order valence-corrected chi connectivity index (χ2v) is 7.54. The fourth-order valence-corrected chi connectivity index (χ4v) is 4.25. The maximum atomic E-state index is 12.1. The molecule has 4 rings (SSSR count). The summed E-state index contributed by atoms with van der Waals surface area (Å²) >= 11 is 3.60. The van der Waals surface area contributed by atoms with Crippen molar-refractivity contribution in [3.8, 4) is 5.75 Å². The van der Waals surface area contributed by atoms with Crippen LogP contribution in [0.3, 0.4) is 0 Å². The second kappa shape index (κ2) is 5.31. The summed E-state index contributed by atoms with van der Waals surface area (Å²) in [6.45, 7) is 0.804. The summed E-state index contributed by atoms with van der Waals surface area (Å²) in [7, 11) is 0. The van der Waals surface area contributed by atoms with Gasteiger partial charge in [-0.2, -0.15) is 0 Å². The topological polar surface area (TPSA) is 38.3 Å². The van der Waals surface area contributed by atoms with Gasteiger partial charge < -0.3 is 10.1 Å². The Hall–Kier alpha value is -1.03. The highest BCUT2D eigenvalue weighted by Crippen LogP contribution is 2.44. The predicted octanol–water partition coefficient (Wildman–Crippen LogP) is 3.08. The first-order valence-electron chi connectivity index (χ1n) is 7.94. The van der Waals surface area contributed by atoms with Crippen molar-refractivity contribution in [3.63, 3.8) is 0 Å². The van der Waals surface area contributed by atoms with Gasteiger partial charge in [0.25, 0.3) is 0 Å². The quantitative estimate of drug-likeness (QED) is 0.848. The number of ether oxygens (including phenoxy) is 1. The standard InChI is InChI=1S/C17H20BrNO2/c18-14(17(20)19-12-4-5-12)9-11-2-1-10-3-6-15-13(16(10)11)7-8-21-15/h3,6,11-12,14H,1-2,4-5,7-9H2,(H,19,20). The molecule has 2 aliphatic carbocycles. The molecule has 2 unspecified atom stereocenters. The van der Waals surface area contributed by atoms with Crippen molar-refractivity contribution in [1.29, 1.82) is 0 Å². The lowest BCUT2D eigenvalue weighted by Crippen LogP contribution is -2.33. The van der Waals surface area contributed by atoms with Crippen LogP contribution in [0.15, 0.2) is 12.1 Å². The lowest BCUT2D eigenvalue weighted by Gasteiger charge is -2.18. The van der Waals surface area contributed by atoms with E-state index in [0.717, 1.165) is 50.9 Å². The van der Waals surface area contributed by atoms with Crippen molar-refractivity contribution >= 4 is 21.8 Å². The second-order valence-electron chi connectivity index (χ2n) is 6.44. The highest BCUT2D eigenvalue weighted by molar-refractivity contribution is 9.10. The van der Waals surface area contributed by atoms with E-state index in [1.54, 1.807) is 0 Å². The number of amides is 1. The molecular formula is C17H20BrNO2. The number of fused-ring (bicyclic) bond motifs is 3. The Labute approximate surface area is 133 Å². The van der Waals surface area contributed by atoms with Crippen LogP contribution in [-0.4, -0.2) is 23.4 Å². The van der Waals surface area contributed by atoms with Crippen LogP contribution in [0.25, 0.3) is 0 Å². The van der Waals surface area contributed by atoms with Crippen LogP contribution < -0.4 is 10.1 Å². The highest BCUT2D eigenvalue weighted by atomic mass is 79.9. The molecule has 112 valence electrons. The Morgan fingerprint density at radius 1 is 1.33 bits per heavy atom. The van der Waals surface area contributed by atoms with Crippen molar-refractivity contribution < 1.29 is 9.53 Å². The molecular weight excluding hydrogens is 330 g/mol. The Morgan fingerprint density at radius 3 is 3.00 bits per heavy atom. The van der Waals surface area contributed by atoms with E-state index in [4.69, 9.17) is 4.74 Å². The molecule has 1 fully saturated rings. The fraction of sp³-hybridized carbons (Fsp3) is 0.588. The summed E-state index contributed by atoms with van der Waals surface area (Å²) in [5, 5.41) is 3.09. The van der Waals surface area contributed by atoms with Crippen LogP contribution in [0.2, 0.25) is 0 Å². The van der Waals surface area contributed by atoms with Gasteiger partial charge in [0.1, 0.15) is 5.75 Å². The number of benzene rings is 1. The Morgan fingerprint density at radius 2 is 2.19 bits per heavy atom. The molecule has 1 heterocycles. The molecule has 2 atom stereocenters. The SMILES string of the molecule is O=C(NC1CC1)C(Br)CC1CCc2ccc3c(c21)CCO3. The number of carbonyl (C=O) groups is 1. The number of aryl methyl sites for hydroxylation is 1. The molecule has 4 heteroatoms. The fourth-order valence-electron chi connectivity index (χ4n) is 3.66. The summed E-state index contributed by atoms with van der Waals surface area (Å²) in [6.07, 6.45) is 6.49. The molecule has 21 heavy (non-hydrogen) atoms. The summed E-state index contributed by atoms with van der Waals surface area (Å²) in [5.41, 5.74) is 4.34. The molecule has 1 amide bonds. The summed E-state index contributed by atoms with van der Waals surface area (Å²) in [5.74, 6) is 1.72. The van der Waals surface area contributed by atoms with Crippen molar-refractivity contribution in [1.82, 2.24) is 5.32 Å². The van der Waals surface area contributed by atoms with Gasteiger partial charge in [0.2, 0.25) is 5.91 Å². The van der Waals surface area contributed by atoms with E-state index in [1.165, 1.54) is 16.7 Å². The zero-order valence-electron chi connectivity index (χ0n) is 12.0. The number of halogens is 1. The maximum absolute atomic E-state index is 12.1. The zero-order valence-corrected chi connectivity index (χ0v) is 13.6. The summed E-state index contributed by atoms with van der Waals surface area (Å²) in [6, 6.07) is 4.77. The number of alkyl halides is 1. The van der Waals surface area contributed by atoms with Gasteiger partial charge in [-0.15, -0.1) is 0 Å². The van der Waals surface area contributed by atoms with E-state index in [9.17, 15) is 4.79 Å². The van der Waals surface area contributed by atoms with E-state index in [0.29, 0.717) is 12.0 Å². The van der Waals surface area contributed by atoms with Crippen LogP contribution in [0.4, 0.5) is 0 Å². The largest absolute Gasteiger partial charge is 0.493 e. The number of hydrogen-bond donors (Lipinski definition) is 1. The van der Waals surface area contributed by atoms with Crippen molar-refractivity contribution in [3.05, 3.63) is 28.8 Å². The summed E-state index contributed by atoms with van der Waals surface area (Å²) < 4.78 is 5.69. The number of nitrogens with one attached hydrogen (secondary N) is 1. The number of carbonyl (C=O) groups excluding carboxylic acids is 1. The minimum Gasteiger partial charge on any atom is -0.493 e. The first-order chi connectivity index (χ1) is 10.2. The molecule has 0 spiro atoms. The first kappa shape index (κ1) is 13.6. The lowest BCUT2D eigenvalue weighted by atomic mass is 9.91. The van der Waals surface area contributed by atoms with Gasteiger partial charge >= 0.3 is 0 Å². The van der Waals surface area contributed by atoms with Gasteiger partial charge in [0.15, 0.2) is 0 Å². The van der Waals surface area contributed by atoms with Crippen molar-refractivity contribution in [2.24, 2.45) is 0 Å². The molecule has 1 aromatic carbocycles. The average Bonchev–Trinajstić information content (AvgIpc) is 3.01. The predicted molar refractivity (Wildman–Crippen MR) is 85.2 cm³/mol. The molecule has 0 bridgehead atoms. The van der Waals surface area contributed by atoms with Crippen LogP contribution in [0.1, 0.15) is 48.3 Å². The van der Waals surface area contributed by atoms with E-state index >= 15 is 0 Å². The minimum atomic E-state index is -0.0766. The molecule has 1 N–H and O–H groups in total. The van der Waals surface area contributed by atoms with E-state index in [2.05, 4.69) is 33.4 Å². The third kappa shape index (κ3) is 2.59. The first-order valence-corrected chi connectivity index (χ1v) is 8.86. The van der Waals surface area contributed by atoms with E-state index in [-0.39, 0.29) is 10.7 Å². The third-order valence-corrected chi connectivity index (χ3v) is 5.67. The smallest absolute Gasteiger partial charge is 0.234 e. The van der Waals surface area contributed by atoms with Gasteiger partial charge in [-0.1, -0.05) is 22.0 Å². The van der Waals surface area contributed by atoms with Gasteiger partial charge in [-0.05, 0) is 55.2 Å². The minimum absolute atomic E-state index is 0.0766. The van der Waals surface area contributed by atoms with Crippen LogP contribution in [-0.2, 0) is 17.6 Å². The maximum Gasteiger partial charge on any atom is 0.234 e. The molecule has 0 radical (unpaired) electrons. The van der Waals surface area contributed by atoms with Gasteiger partial charge in [-0.3, -0.25) is 4.79 Å². The normalized spacial score (nSPS) is 24.1. The Balaban J connectivity index is 1.51. The average molecular weight is 350 g/mol. The molecule has 0 aromatic heterocycles. The Bertz CT molecular complexity index is 582. The molecule has 1 aliphatic heterocycles. The van der Waals surface area contributed by atoms with E-state index < -0.39 is 0 Å². The summed E-state index contributed by atoms with van der Waals surface area (Å²) in [4.78, 5) is 12.1. The van der Waals surface area contributed by atoms with Gasteiger partial charge in [0, 0.05) is 18.0 Å². The number of hydrogen-bond acceptors (Lipinski definition) is 2. The van der Waals surface area contributed by atoms with Crippen molar-refractivity contribution in [2.45, 2.75) is 55.3 Å². The molecule has 0 saturated heterocycles. The number of rotatable bonds is 4. The third-order valence-electron chi connectivity index (χ3n) is 4.88. The van der Waals surface area contributed by atoms with E-state index in [1.807, 2.05) is 0 Å². The van der Waals surface area contributed by atoms with Gasteiger partial charge in [0.05, 0.1) is 11.4 Å². The van der Waals surface area contributed by atoms with Crippen LogP contribution in [0, 0.1) is 0 Å². The van der Waals surface area contributed by atoms with Crippen LogP contribution in [0.5, 0.6) is 5.75 Å². The molecule has 1 aromatic rings. The monoisotopic (exact) mass is 349 g/mol.